The lowest BCUT2D eigenvalue weighted by atomic mass is 9.78. The van der Waals surface area contributed by atoms with Gasteiger partial charge in [-0.2, -0.15) is 13.2 Å². The van der Waals surface area contributed by atoms with Gasteiger partial charge in [0.2, 0.25) is 11.8 Å². The third-order valence-corrected chi connectivity index (χ3v) is 17.4. The lowest BCUT2D eigenvalue weighted by Crippen LogP contribution is -2.64. The predicted octanol–water partition coefficient (Wildman–Crippen LogP) is 6.43. The van der Waals surface area contributed by atoms with Gasteiger partial charge in [0.25, 0.3) is 17.4 Å². The first-order valence-corrected chi connectivity index (χ1v) is 28.0. The topological polar surface area (TPSA) is 175 Å². The van der Waals surface area contributed by atoms with Crippen LogP contribution in [0.1, 0.15) is 88.2 Å². The highest BCUT2D eigenvalue weighted by atomic mass is 35.5. The number of pyridine rings is 1. The number of nitrogens with one attached hydrogen (secondary N) is 2. The largest absolute Gasteiger partial charge is 0.464 e. The molecule has 17 nitrogen and oxygen atoms in total. The number of amides is 4. The van der Waals surface area contributed by atoms with Gasteiger partial charge < -0.3 is 34.1 Å². The summed E-state index contributed by atoms with van der Waals surface area (Å²) in [7, 11) is 1.64. The summed E-state index contributed by atoms with van der Waals surface area (Å²) in [6.45, 7) is 11.2. The number of hydrogen-bond acceptors (Lipinski definition) is 13. The first kappa shape index (κ1) is 54.9. The highest BCUT2D eigenvalue weighted by molar-refractivity contribution is 7.10. The molecule has 1 aromatic carbocycles. The van der Waals surface area contributed by atoms with E-state index in [1.807, 2.05) is 26.2 Å². The maximum absolute atomic E-state index is 14.8. The number of rotatable bonds is 10. The third-order valence-electron chi connectivity index (χ3n) is 16.3. The Morgan fingerprint density at radius 2 is 1.78 bits per heavy atom. The first-order chi connectivity index (χ1) is 36.5. The van der Waals surface area contributed by atoms with Crippen LogP contribution >= 0.6 is 22.9 Å². The number of anilines is 1. The van der Waals surface area contributed by atoms with Crippen molar-refractivity contribution in [1.29, 1.82) is 0 Å². The molecule has 6 aliphatic heterocycles. The molecule has 5 atom stereocenters. The van der Waals surface area contributed by atoms with E-state index in [0.29, 0.717) is 61.7 Å². The molecule has 10 rings (SSSR count). The van der Waals surface area contributed by atoms with Crippen LogP contribution in [0.3, 0.4) is 0 Å². The number of benzene rings is 1. The highest BCUT2D eigenvalue weighted by Crippen LogP contribution is 2.47. The molecule has 4 saturated heterocycles. The molecule has 0 unspecified atom stereocenters. The normalized spacial score (nSPS) is 23.2. The molecule has 4 amide bonds. The average molecular weight is 1110 g/mol. The Kier molecular flexibility index (Phi) is 15.2. The molecular weight excluding hydrogens is 1040 g/mol. The van der Waals surface area contributed by atoms with Crippen LogP contribution in [0, 0.1) is 16.7 Å². The number of methoxy groups -OCH3 is 1. The van der Waals surface area contributed by atoms with Crippen molar-refractivity contribution in [3.8, 4) is 22.5 Å². The van der Waals surface area contributed by atoms with Crippen LogP contribution in [0.2, 0.25) is 0 Å². The zero-order valence-electron chi connectivity index (χ0n) is 44.3. The second-order valence-corrected chi connectivity index (χ2v) is 24.2. The molecule has 0 aliphatic carbocycles. The lowest BCUT2D eigenvalue weighted by molar-refractivity contribution is -0.158. The maximum atomic E-state index is 14.8. The molecule has 4 fully saturated rings. The Bertz CT molecular complexity index is 2950. The Labute approximate surface area is 453 Å². The number of piperazine rings is 1. The van der Waals surface area contributed by atoms with Crippen molar-refractivity contribution in [1.82, 2.24) is 45.0 Å². The number of hydrogen-bond donors (Lipinski definition) is 2. The molecule has 2 N–H and O–H groups in total. The number of ether oxygens (including phenoxy) is 2. The second kappa shape index (κ2) is 21.3. The number of halogens is 5. The Morgan fingerprint density at radius 3 is 2.48 bits per heavy atom. The van der Waals surface area contributed by atoms with E-state index in [0.717, 1.165) is 57.4 Å². The van der Waals surface area contributed by atoms with Crippen molar-refractivity contribution in [3.63, 3.8) is 0 Å². The minimum atomic E-state index is -4.29. The summed E-state index contributed by atoms with van der Waals surface area (Å²) in [5.74, 6) is -3.16. The SMILES string of the molecule is CO[C@@H](C)c1ncc(N2CCN(CC(F)(F)F)CC2)cc1-c1c2c3cc(cc4c3n1CCC4)-c1csc(n1)C[C@H](NC(=O)[C@H](C(C)C)N1CCC3(CN(C(=O)[C@H](F)Cl)C3)C1=O)C(=O)N1CCC[C@H](N1)C(=O)OCC(C)(C)C2. The van der Waals surface area contributed by atoms with Crippen LogP contribution in [-0.2, 0) is 59.3 Å². The Morgan fingerprint density at radius 1 is 1.03 bits per heavy atom. The monoisotopic (exact) mass is 1110 g/mol. The van der Waals surface area contributed by atoms with Crippen LogP contribution in [0.5, 0.6) is 0 Å². The fourth-order valence-electron chi connectivity index (χ4n) is 12.4. The molecule has 1 spiro atoms. The molecule has 77 heavy (non-hydrogen) atoms. The van der Waals surface area contributed by atoms with Crippen LogP contribution in [0.25, 0.3) is 33.4 Å². The number of likely N-dealkylation sites (tertiary alicyclic amines) is 2. The summed E-state index contributed by atoms with van der Waals surface area (Å²) in [4.78, 5) is 86.4. The van der Waals surface area contributed by atoms with Crippen LogP contribution < -0.4 is 15.6 Å². The number of aryl methyl sites for hydroxylation is 2. The Hall–Kier alpha value is -5.42. The van der Waals surface area contributed by atoms with Gasteiger partial charge in [0.1, 0.15) is 18.1 Å². The van der Waals surface area contributed by atoms with Crippen LogP contribution in [0.4, 0.5) is 23.2 Å². The second-order valence-electron chi connectivity index (χ2n) is 22.9. The average Bonchev–Trinajstić information content (AvgIpc) is 4.14. The predicted molar refractivity (Wildman–Crippen MR) is 281 cm³/mol. The number of aromatic nitrogens is 3. The number of alkyl halides is 5. The first-order valence-electron chi connectivity index (χ1n) is 26.7. The van der Waals surface area contributed by atoms with E-state index in [-0.39, 0.29) is 64.1 Å². The van der Waals surface area contributed by atoms with Crippen molar-refractivity contribution >= 4 is 69.1 Å². The molecule has 416 valence electrons. The highest BCUT2D eigenvalue weighted by Gasteiger charge is 2.58. The minimum Gasteiger partial charge on any atom is -0.464 e. The number of carbonyl (C=O) groups is 5. The summed E-state index contributed by atoms with van der Waals surface area (Å²) in [6.07, 6.45) is 0.406. The number of esters is 1. The van der Waals surface area contributed by atoms with E-state index >= 15 is 0 Å². The minimum absolute atomic E-state index is 0.00136. The number of hydrazine groups is 1. The van der Waals surface area contributed by atoms with Gasteiger partial charge in [0.15, 0.2) is 0 Å². The van der Waals surface area contributed by atoms with Gasteiger partial charge in [-0.15, -0.1) is 11.3 Å². The van der Waals surface area contributed by atoms with Gasteiger partial charge in [-0.25, -0.2) is 14.8 Å². The van der Waals surface area contributed by atoms with Crippen LogP contribution in [-0.4, -0.2) is 166 Å². The quantitative estimate of drug-likeness (QED) is 0.101. The summed E-state index contributed by atoms with van der Waals surface area (Å²) >= 11 is 6.79. The molecule has 3 aromatic heterocycles. The number of nitrogens with zero attached hydrogens (tertiary/aromatic N) is 8. The molecule has 23 heteroatoms. The molecule has 0 radical (unpaired) electrons. The number of thiazole rings is 1. The van der Waals surface area contributed by atoms with E-state index in [9.17, 15) is 41.5 Å². The van der Waals surface area contributed by atoms with Crippen molar-refractivity contribution in [2.24, 2.45) is 16.7 Å². The third kappa shape index (κ3) is 10.9. The number of fused-ring (bicyclic) bond motifs is 6. The molecule has 9 heterocycles. The van der Waals surface area contributed by atoms with Gasteiger partial charge in [-0.3, -0.25) is 38.9 Å². The van der Waals surface area contributed by atoms with Gasteiger partial charge in [-0.05, 0) is 80.7 Å². The van der Waals surface area contributed by atoms with Crippen LogP contribution in [0.15, 0.2) is 29.8 Å². The summed E-state index contributed by atoms with van der Waals surface area (Å²) < 4.78 is 68.4. The zero-order valence-corrected chi connectivity index (χ0v) is 45.9. The van der Waals surface area contributed by atoms with Crippen molar-refractivity contribution in [2.45, 2.75) is 122 Å². The molecule has 6 bridgehead atoms. The smallest absolute Gasteiger partial charge is 0.401 e. The van der Waals surface area contributed by atoms with E-state index in [4.69, 9.17) is 31.0 Å². The fraction of sp³-hybridized carbons (Fsp3) is 0.611. The van der Waals surface area contributed by atoms with E-state index < -0.39 is 77.1 Å². The standard InChI is InChI=1S/C54H67ClF4N10O7S/c1-30(2)43(68-14-11-53(51(68)74)26-66(27-53)49(72)46(55)56)47(70)62-39-22-41-61-40(25-77-41)33-19-32-9-7-12-67-44(32)35(20-33)37(23-52(4,5)29-76-50(73)38-10-8-13-69(63-38)48(39)71)45(67)36-21-34(24-60-42(36)31(3)75-6)65-17-15-64(16-18-65)28-54(57,58)59/h19-21,24-25,30-31,38-39,43,46,63H,7-18,22-23,26-29H2,1-6H3,(H,62,70)/t31-,38-,39-,43-,46-/m0/s1. The molecular formula is C54H67ClF4N10O7S. The van der Waals surface area contributed by atoms with E-state index in [1.165, 1.54) is 31.0 Å². The lowest BCUT2D eigenvalue weighted by Gasteiger charge is -2.46. The Balaban J connectivity index is 1.02. The van der Waals surface area contributed by atoms with E-state index in [1.54, 1.807) is 13.3 Å². The molecule has 4 aromatic rings. The fourth-order valence-corrected chi connectivity index (χ4v) is 13.3. The summed E-state index contributed by atoms with van der Waals surface area (Å²) in [5.41, 5.74) is 7.37. The summed E-state index contributed by atoms with van der Waals surface area (Å²) in [5, 5.41) is 7.91. The molecule has 6 aliphatic rings. The summed E-state index contributed by atoms with van der Waals surface area (Å²) in [6, 6.07) is 3.41. The van der Waals surface area contributed by atoms with Gasteiger partial charge in [-0.1, -0.05) is 39.3 Å². The molecule has 0 saturated carbocycles. The maximum Gasteiger partial charge on any atom is 0.401 e. The number of cyclic esters (lactones) is 1. The van der Waals surface area contributed by atoms with Crippen molar-refractivity contribution in [2.75, 3.05) is 77.5 Å². The van der Waals surface area contributed by atoms with Gasteiger partial charge in [0, 0.05) is 99.7 Å². The van der Waals surface area contributed by atoms with Crippen molar-refractivity contribution < 1.29 is 51.0 Å². The van der Waals surface area contributed by atoms with Gasteiger partial charge >= 0.3 is 12.1 Å². The zero-order chi connectivity index (χ0) is 54.9. The van der Waals surface area contributed by atoms with Crippen molar-refractivity contribution in [3.05, 3.63) is 51.6 Å². The number of carbonyl (C=O) groups excluding carboxylic acids is 5. The van der Waals surface area contributed by atoms with E-state index in [2.05, 4.69) is 52.3 Å². The van der Waals surface area contributed by atoms with Gasteiger partial charge in [0.05, 0.1) is 64.2 Å².